The van der Waals surface area contributed by atoms with E-state index in [9.17, 15) is 0 Å². The van der Waals surface area contributed by atoms with E-state index in [1.807, 2.05) is 19.1 Å². The maximum atomic E-state index is 5.23. The van der Waals surface area contributed by atoms with Crippen molar-refractivity contribution in [1.82, 2.24) is 0 Å². The van der Waals surface area contributed by atoms with Crippen molar-refractivity contribution >= 4 is 0 Å². The molecule has 0 rings (SSSR count). The predicted molar refractivity (Wildman–Crippen MR) is 37.6 cm³/mol. The van der Waals surface area contributed by atoms with E-state index in [2.05, 4.69) is 6.58 Å². The molecule has 0 aliphatic rings. The molecule has 0 aromatic rings. The summed E-state index contributed by atoms with van der Waals surface area (Å²) in [5.74, 6) is 0. The molecular weight excluding hydrogens is 98.1 g/mol. The van der Waals surface area contributed by atoms with Crippen molar-refractivity contribution in [1.29, 1.82) is 0 Å². The van der Waals surface area contributed by atoms with Gasteiger partial charge in [0.2, 0.25) is 0 Å². The molecule has 0 radical (unpaired) electrons. The van der Waals surface area contributed by atoms with Crippen molar-refractivity contribution in [3.63, 3.8) is 0 Å². The summed E-state index contributed by atoms with van der Waals surface area (Å²) in [7, 11) is 0. The van der Waals surface area contributed by atoms with Gasteiger partial charge < -0.3 is 5.73 Å². The van der Waals surface area contributed by atoms with Gasteiger partial charge >= 0.3 is 0 Å². The van der Waals surface area contributed by atoms with Crippen LogP contribution in [0, 0.1) is 0 Å². The second kappa shape index (κ2) is 4.60. The maximum Gasteiger partial charge on any atom is -0.00425 e. The minimum absolute atomic E-state index is 0.726. The largest absolute Gasteiger partial charge is 0.330 e. The number of allylic oxidation sites excluding steroid dienone is 2. The molecule has 1 heteroatoms. The van der Waals surface area contributed by atoms with Crippen LogP contribution >= 0.6 is 0 Å². The van der Waals surface area contributed by atoms with E-state index in [1.54, 1.807) is 0 Å². The molecule has 0 bridgehead atoms. The van der Waals surface area contributed by atoms with Gasteiger partial charge in [-0.2, -0.15) is 0 Å². The van der Waals surface area contributed by atoms with Crippen LogP contribution in [0.4, 0.5) is 0 Å². The third kappa shape index (κ3) is 5.44. The van der Waals surface area contributed by atoms with Crippen molar-refractivity contribution < 1.29 is 0 Å². The lowest BCUT2D eigenvalue weighted by Crippen LogP contribution is -1.94. The van der Waals surface area contributed by atoms with Crippen LogP contribution in [-0.4, -0.2) is 6.54 Å². The van der Waals surface area contributed by atoms with Crippen LogP contribution in [0.1, 0.15) is 13.3 Å². The van der Waals surface area contributed by atoms with Crippen molar-refractivity contribution in [3.05, 3.63) is 24.3 Å². The first kappa shape index (κ1) is 7.44. The Morgan fingerprint density at radius 1 is 1.75 bits per heavy atom. The van der Waals surface area contributed by atoms with E-state index >= 15 is 0 Å². The zero-order valence-corrected chi connectivity index (χ0v) is 5.35. The lowest BCUT2D eigenvalue weighted by atomic mass is 10.3. The van der Waals surface area contributed by atoms with Crippen LogP contribution in [0.15, 0.2) is 24.3 Å². The first-order chi connectivity index (χ1) is 3.77. The monoisotopic (exact) mass is 111 g/mol. The highest BCUT2D eigenvalue weighted by molar-refractivity contribution is 5.10. The topological polar surface area (TPSA) is 26.0 Å². The zero-order chi connectivity index (χ0) is 6.41. The van der Waals surface area contributed by atoms with Crippen molar-refractivity contribution in [2.24, 2.45) is 5.73 Å². The Bertz CT molecular complexity index is 92.6. The van der Waals surface area contributed by atoms with Crippen molar-refractivity contribution in [3.8, 4) is 0 Å². The van der Waals surface area contributed by atoms with Crippen LogP contribution in [0.25, 0.3) is 0 Å². The smallest absolute Gasteiger partial charge is 0.00425 e. The fraction of sp³-hybridized carbons (Fsp3) is 0.429. The fourth-order valence-corrected chi connectivity index (χ4v) is 0.381. The standard InChI is InChI=1S/C7H13N/c1-7(2)5-3-4-6-8/h3,5H,1,4,6,8H2,2H3/b5-3-. The first-order valence-electron chi connectivity index (χ1n) is 2.79. The molecule has 0 aliphatic carbocycles. The van der Waals surface area contributed by atoms with Gasteiger partial charge in [-0.15, -0.1) is 0 Å². The molecule has 2 N–H and O–H groups in total. The molecule has 0 amide bonds. The fourth-order valence-electron chi connectivity index (χ4n) is 0.381. The van der Waals surface area contributed by atoms with Crippen molar-refractivity contribution in [2.75, 3.05) is 6.54 Å². The number of rotatable bonds is 3. The molecule has 46 valence electrons. The average molecular weight is 111 g/mol. The summed E-state index contributed by atoms with van der Waals surface area (Å²) in [6.45, 7) is 6.39. The molecule has 0 aromatic heterocycles. The van der Waals surface area contributed by atoms with Gasteiger partial charge in [-0.3, -0.25) is 0 Å². The van der Waals surface area contributed by atoms with Gasteiger partial charge in [0.1, 0.15) is 0 Å². The van der Waals surface area contributed by atoms with E-state index < -0.39 is 0 Å². The summed E-state index contributed by atoms with van der Waals surface area (Å²) >= 11 is 0. The van der Waals surface area contributed by atoms with Gasteiger partial charge in [-0.25, -0.2) is 0 Å². The third-order valence-electron chi connectivity index (χ3n) is 0.736. The van der Waals surface area contributed by atoms with E-state index in [4.69, 9.17) is 5.73 Å². The highest BCUT2D eigenvalue weighted by Gasteiger charge is 1.72. The summed E-state index contributed by atoms with van der Waals surface area (Å²) in [5, 5.41) is 0. The maximum absolute atomic E-state index is 5.23. The Hall–Kier alpha value is -0.560. The molecule has 0 spiro atoms. The Labute approximate surface area is 50.9 Å². The number of hydrogen-bond acceptors (Lipinski definition) is 1. The lowest BCUT2D eigenvalue weighted by Gasteiger charge is -1.84. The summed E-state index contributed by atoms with van der Waals surface area (Å²) in [6.07, 6.45) is 4.96. The highest BCUT2D eigenvalue weighted by atomic mass is 14.5. The van der Waals surface area contributed by atoms with Crippen LogP contribution in [-0.2, 0) is 0 Å². The molecule has 0 atom stereocenters. The number of nitrogens with two attached hydrogens (primary N) is 1. The Balaban J connectivity index is 3.20. The van der Waals surface area contributed by atoms with Gasteiger partial charge in [0.05, 0.1) is 0 Å². The van der Waals surface area contributed by atoms with Crippen LogP contribution in [0.3, 0.4) is 0 Å². The lowest BCUT2D eigenvalue weighted by molar-refractivity contribution is 1.01. The van der Waals surface area contributed by atoms with Crippen LogP contribution < -0.4 is 5.73 Å². The molecular formula is C7H13N. The van der Waals surface area contributed by atoms with E-state index in [-0.39, 0.29) is 0 Å². The van der Waals surface area contributed by atoms with Gasteiger partial charge in [0.25, 0.3) is 0 Å². The second-order valence-corrected chi connectivity index (χ2v) is 1.83. The molecule has 0 heterocycles. The highest BCUT2D eigenvalue weighted by Crippen LogP contribution is 1.89. The summed E-state index contributed by atoms with van der Waals surface area (Å²) in [4.78, 5) is 0. The summed E-state index contributed by atoms with van der Waals surface area (Å²) in [6, 6.07) is 0. The molecule has 8 heavy (non-hydrogen) atoms. The molecule has 0 aromatic carbocycles. The van der Waals surface area contributed by atoms with Crippen molar-refractivity contribution in [2.45, 2.75) is 13.3 Å². The predicted octanol–water partition coefficient (Wildman–Crippen LogP) is 1.47. The molecule has 0 saturated heterocycles. The van der Waals surface area contributed by atoms with Crippen LogP contribution in [0.2, 0.25) is 0 Å². The molecule has 1 nitrogen and oxygen atoms in total. The second-order valence-electron chi connectivity index (χ2n) is 1.83. The van der Waals surface area contributed by atoms with Gasteiger partial charge in [0.15, 0.2) is 0 Å². The quantitative estimate of drug-likeness (QED) is 0.548. The normalized spacial score (nSPS) is 10.2. The van der Waals surface area contributed by atoms with E-state index in [1.165, 1.54) is 0 Å². The minimum atomic E-state index is 0.726. The average Bonchev–Trinajstić information content (AvgIpc) is 1.66. The SMILES string of the molecule is C=C(C)/C=C\CCN. The third-order valence-corrected chi connectivity index (χ3v) is 0.736. The van der Waals surface area contributed by atoms with E-state index in [0.717, 1.165) is 18.5 Å². The Kier molecular flexibility index (Phi) is 4.27. The van der Waals surface area contributed by atoms with Gasteiger partial charge in [-0.05, 0) is 19.9 Å². The molecule has 0 saturated carbocycles. The number of hydrogen-bond donors (Lipinski definition) is 1. The Morgan fingerprint density at radius 3 is 2.75 bits per heavy atom. The summed E-state index contributed by atoms with van der Waals surface area (Å²) < 4.78 is 0. The Morgan fingerprint density at radius 2 is 2.38 bits per heavy atom. The minimum Gasteiger partial charge on any atom is -0.330 e. The molecule has 0 unspecified atom stereocenters. The van der Waals surface area contributed by atoms with Gasteiger partial charge in [-0.1, -0.05) is 24.3 Å². The van der Waals surface area contributed by atoms with Crippen LogP contribution in [0.5, 0.6) is 0 Å². The summed E-state index contributed by atoms with van der Waals surface area (Å²) in [5.41, 5.74) is 6.32. The van der Waals surface area contributed by atoms with E-state index in [0.29, 0.717) is 0 Å². The first-order valence-corrected chi connectivity index (χ1v) is 2.79. The molecule has 0 fully saturated rings. The van der Waals surface area contributed by atoms with Gasteiger partial charge in [0, 0.05) is 0 Å². The molecule has 0 aliphatic heterocycles. The zero-order valence-electron chi connectivity index (χ0n) is 5.35.